The SMILES string of the molecule is Cc1cc(OCC2COCCO2)cc(=O)n1C(C)c1ccc(C#CC2CC2)cn1. The number of hydrogen-bond donors (Lipinski definition) is 0. The molecule has 3 heterocycles. The summed E-state index contributed by atoms with van der Waals surface area (Å²) in [6.45, 7) is 5.94. The lowest BCUT2D eigenvalue weighted by Crippen LogP contribution is -2.33. The first kappa shape index (κ1) is 19.7. The highest BCUT2D eigenvalue weighted by molar-refractivity contribution is 5.34. The van der Waals surface area contributed by atoms with Crippen LogP contribution in [-0.4, -0.2) is 42.1 Å². The van der Waals surface area contributed by atoms with Crippen molar-refractivity contribution in [2.75, 3.05) is 26.4 Å². The van der Waals surface area contributed by atoms with Gasteiger partial charge >= 0.3 is 0 Å². The molecule has 29 heavy (non-hydrogen) atoms. The van der Waals surface area contributed by atoms with Gasteiger partial charge in [-0.2, -0.15) is 0 Å². The Morgan fingerprint density at radius 1 is 1.31 bits per heavy atom. The quantitative estimate of drug-likeness (QED) is 0.730. The molecule has 0 amide bonds. The Morgan fingerprint density at radius 3 is 2.83 bits per heavy atom. The van der Waals surface area contributed by atoms with Crippen LogP contribution in [0, 0.1) is 24.7 Å². The molecule has 1 saturated heterocycles. The van der Waals surface area contributed by atoms with Gasteiger partial charge in [0.25, 0.3) is 5.56 Å². The van der Waals surface area contributed by atoms with E-state index in [9.17, 15) is 4.79 Å². The molecule has 152 valence electrons. The minimum Gasteiger partial charge on any atom is -0.491 e. The van der Waals surface area contributed by atoms with E-state index in [1.165, 1.54) is 18.9 Å². The number of rotatable bonds is 5. The molecule has 2 atom stereocenters. The van der Waals surface area contributed by atoms with Gasteiger partial charge in [0.2, 0.25) is 0 Å². The standard InChI is InChI=1S/C23H26N2O4/c1-16-11-20(29-15-21-14-27-9-10-28-21)12-23(26)25(16)17(2)22-8-7-19(13-24-22)6-5-18-3-4-18/h7-8,11-13,17-18,21H,3-4,9-10,14-15H2,1-2H3. The number of pyridine rings is 2. The molecule has 2 aliphatic rings. The first-order valence-corrected chi connectivity index (χ1v) is 10.1. The van der Waals surface area contributed by atoms with Gasteiger partial charge in [-0.15, -0.1) is 0 Å². The van der Waals surface area contributed by atoms with E-state index in [2.05, 4.69) is 16.8 Å². The maximum atomic E-state index is 12.8. The van der Waals surface area contributed by atoms with Gasteiger partial charge in [-0.05, 0) is 44.9 Å². The highest BCUT2D eigenvalue weighted by Gasteiger charge is 2.18. The van der Waals surface area contributed by atoms with Crippen LogP contribution in [0.15, 0.2) is 35.3 Å². The third-order valence-electron chi connectivity index (χ3n) is 5.15. The number of nitrogens with zero attached hydrogens (tertiary/aromatic N) is 2. The molecule has 6 heteroatoms. The molecule has 0 spiro atoms. The van der Waals surface area contributed by atoms with E-state index < -0.39 is 0 Å². The average molecular weight is 394 g/mol. The molecular formula is C23H26N2O4. The van der Waals surface area contributed by atoms with Crippen molar-refractivity contribution in [2.45, 2.75) is 38.8 Å². The summed E-state index contributed by atoms with van der Waals surface area (Å²) in [4.78, 5) is 17.3. The van der Waals surface area contributed by atoms with Crippen LogP contribution < -0.4 is 10.3 Å². The van der Waals surface area contributed by atoms with E-state index in [1.54, 1.807) is 10.8 Å². The Balaban J connectivity index is 1.45. The van der Waals surface area contributed by atoms with E-state index in [1.807, 2.05) is 32.0 Å². The lowest BCUT2D eigenvalue weighted by molar-refractivity contribution is -0.101. The highest BCUT2D eigenvalue weighted by atomic mass is 16.6. The molecule has 0 radical (unpaired) electrons. The molecule has 6 nitrogen and oxygen atoms in total. The lowest BCUT2D eigenvalue weighted by Gasteiger charge is -2.23. The molecule has 1 aliphatic carbocycles. The zero-order chi connectivity index (χ0) is 20.2. The van der Waals surface area contributed by atoms with Gasteiger partial charge in [-0.1, -0.05) is 11.8 Å². The average Bonchev–Trinajstić information content (AvgIpc) is 3.56. The summed E-state index contributed by atoms with van der Waals surface area (Å²) < 4.78 is 18.4. The van der Waals surface area contributed by atoms with Crippen LogP contribution in [0.3, 0.4) is 0 Å². The third-order valence-corrected chi connectivity index (χ3v) is 5.15. The monoisotopic (exact) mass is 394 g/mol. The van der Waals surface area contributed by atoms with Gasteiger partial charge in [0.1, 0.15) is 18.5 Å². The van der Waals surface area contributed by atoms with Crippen molar-refractivity contribution < 1.29 is 14.2 Å². The van der Waals surface area contributed by atoms with Crippen LogP contribution in [0.5, 0.6) is 5.75 Å². The van der Waals surface area contributed by atoms with Gasteiger partial charge in [0, 0.05) is 29.4 Å². The van der Waals surface area contributed by atoms with E-state index in [0.717, 1.165) is 17.0 Å². The smallest absolute Gasteiger partial charge is 0.255 e. The third kappa shape index (κ3) is 5.06. The number of ether oxygens (including phenoxy) is 3. The molecule has 2 unspecified atom stereocenters. The number of aromatic nitrogens is 2. The van der Waals surface area contributed by atoms with Gasteiger partial charge in [-0.3, -0.25) is 9.78 Å². The van der Waals surface area contributed by atoms with Crippen LogP contribution in [0.1, 0.15) is 42.8 Å². The summed E-state index contributed by atoms with van der Waals surface area (Å²) >= 11 is 0. The molecular weight excluding hydrogens is 368 g/mol. The van der Waals surface area contributed by atoms with Gasteiger partial charge in [-0.25, -0.2) is 0 Å². The largest absolute Gasteiger partial charge is 0.491 e. The van der Waals surface area contributed by atoms with E-state index in [-0.39, 0.29) is 17.7 Å². The van der Waals surface area contributed by atoms with Crippen LogP contribution in [-0.2, 0) is 9.47 Å². The Hall–Kier alpha value is -2.62. The summed E-state index contributed by atoms with van der Waals surface area (Å²) in [5, 5.41) is 0. The van der Waals surface area contributed by atoms with Crippen LogP contribution >= 0.6 is 0 Å². The second-order valence-electron chi connectivity index (χ2n) is 7.61. The summed E-state index contributed by atoms with van der Waals surface area (Å²) in [5.41, 5.74) is 2.44. The zero-order valence-electron chi connectivity index (χ0n) is 16.9. The fourth-order valence-corrected chi connectivity index (χ4v) is 3.36. The highest BCUT2D eigenvalue weighted by Crippen LogP contribution is 2.27. The summed E-state index contributed by atoms with van der Waals surface area (Å²) in [5.74, 6) is 7.51. The fraction of sp³-hybridized carbons (Fsp3) is 0.478. The predicted molar refractivity (Wildman–Crippen MR) is 109 cm³/mol. The molecule has 1 aliphatic heterocycles. The molecule has 2 aromatic rings. The molecule has 0 bridgehead atoms. The normalized spacial score (nSPS) is 19.9. The second-order valence-corrected chi connectivity index (χ2v) is 7.61. The Morgan fingerprint density at radius 2 is 2.17 bits per heavy atom. The fourth-order valence-electron chi connectivity index (χ4n) is 3.36. The Labute approximate surface area is 170 Å². The molecule has 4 rings (SSSR count). The van der Waals surface area contributed by atoms with Gasteiger partial charge in [0.05, 0.1) is 31.6 Å². The molecule has 1 saturated carbocycles. The Bertz CT molecular complexity index is 961. The first-order chi connectivity index (χ1) is 14.1. The maximum absolute atomic E-state index is 12.8. The van der Waals surface area contributed by atoms with E-state index in [4.69, 9.17) is 14.2 Å². The number of aryl methyl sites for hydroxylation is 1. The van der Waals surface area contributed by atoms with Crippen molar-refractivity contribution in [3.05, 3.63) is 57.8 Å². The van der Waals surface area contributed by atoms with Crippen molar-refractivity contribution in [2.24, 2.45) is 5.92 Å². The first-order valence-electron chi connectivity index (χ1n) is 10.1. The topological polar surface area (TPSA) is 62.6 Å². The molecule has 2 aromatic heterocycles. The maximum Gasteiger partial charge on any atom is 0.255 e. The summed E-state index contributed by atoms with van der Waals surface area (Å²) in [7, 11) is 0. The van der Waals surface area contributed by atoms with Crippen molar-refractivity contribution in [1.82, 2.24) is 9.55 Å². The second kappa shape index (κ2) is 8.81. The van der Waals surface area contributed by atoms with Crippen molar-refractivity contribution in [1.29, 1.82) is 0 Å². The molecule has 2 fully saturated rings. The Kier molecular flexibility index (Phi) is 5.98. The van der Waals surface area contributed by atoms with Crippen molar-refractivity contribution >= 4 is 0 Å². The van der Waals surface area contributed by atoms with Gasteiger partial charge < -0.3 is 18.8 Å². The summed E-state index contributed by atoms with van der Waals surface area (Å²) in [6.07, 6.45) is 4.10. The minimum atomic E-state index is -0.183. The van der Waals surface area contributed by atoms with Crippen molar-refractivity contribution in [3.63, 3.8) is 0 Å². The van der Waals surface area contributed by atoms with E-state index >= 15 is 0 Å². The van der Waals surface area contributed by atoms with Crippen LogP contribution in [0.25, 0.3) is 0 Å². The molecule has 0 aromatic carbocycles. The summed E-state index contributed by atoms with van der Waals surface area (Å²) in [6, 6.07) is 7.12. The van der Waals surface area contributed by atoms with Crippen LogP contribution in [0.4, 0.5) is 0 Å². The van der Waals surface area contributed by atoms with Gasteiger partial charge in [0.15, 0.2) is 0 Å². The predicted octanol–water partition coefficient (Wildman–Crippen LogP) is 2.72. The van der Waals surface area contributed by atoms with Crippen molar-refractivity contribution in [3.8, 4) is 17.6 Å². The van der Waals surface area contributed by atoms with Crippen LogP contribution in [0.2, 0.25) is 0 Å². The number of hydrogen-bond acceptors (Lipinski definition) is 5. The zero-order valence-corrected chi connectivity index (χ0v) is 16.9. The van der Waals surface area contributed by atoms with E-state index in [0.29, 0.717) is 38.1 Å². The molecule has 0 N–H and O–H groups in total. The lowest BCUT2D eigenvalue weighted by atomic mass is 10.1. The minimum absolute atomic E-state index is 0.101.